The third-order valence-electron chi connectivity index (χ3n) is 5.33. The van der Waals surface area contributed by atoms with Gasteiger partial charge in [-0.15, -0.1) is 10.2 Å². The second kappa shape index (κ2) is 9.90. The summed E-state index contributed by atoms with van der Waals surface area (Å²) in [5.74, 6) is -1.57. The van der Waals surface area contributed by atoms with Crippen LogP contribution in [0.25, 0.3) is 16.8 Å². The Morgan fingerprint density at radius 3 is 2.50 bits per heavy atom. The fraction of sp³-hybridized carbons (Fsp3) is 0.208. The van der Waals surface area contributed by atoms with Crippen molar-refractivity contribution in [3.8, 4) is 22.6 Å². The maximum atomic E-state index is 14.4. The highest BCUT2D eigenvalue weighted by Gasteiger charge is 2.18. The Morgan fingerprint density at radius 2 is 1.81 bits per heavy atom. The number of halogens is 2. The lowest BCUT2D eigenvalue weighted by atomic mass is 10.0. The van der Waals surface area contributed by atoms with Crippen LogP contribution in [0, 0.1) is 18.6 Å². The highest BCUT2D eigenvalue weighted by atomic mass is 32.2. The predicted molar refractivity (Wildman–Crippen MR) is 132 cm³/mol. The van der Waals surface area contributed by atoms with E-state index in [2.05, 4.69) is 20.2 Å². The first kappa shape index (κ1) is 25.0. The summed E-state index contributed by atoms with van der Waals surface area (Å²) in [7, 11) is -3.59. The predicted octanol–water partition coefficient (Wildman–Crippen LogP) is 4.89. The van der Waals surface area contributed by atoms with Gasteiger partial charge in [0, 0.05) is 35.5 Å². The van der Waals surface area contributed by atoms with Gasteiger partial charge in [0.2, 0.25) is 15.9 Å². The molecule has 0 aliphatic carbocycles. The Kier molecular flexibility index (Phi) is 6.88. The molecule has 4 rings (SSSR count). The molecule has 0 atom stereocenters. The van der Waals surface area contributed by atoms with Crippen molar-refractivity contribution in [2.24, 2.45) is 0 Å². The molecule has 0 saturated heterocycles. The Morgan fingerprint density at radius 1 is 1.06 bits per heavy atom. The lowest BCUT2D eigenvalue weighted by Crippen LogP contribution is -2.14. The number of amides is 1. The molecule has 0 aliphatic rings. The van der Waals surface area contributed by atoms with Gasteiger partial charge in [-0.25, -0.2) is 17.2 Å². The van der Waals surface area contributed by atoms with Gasteiger partial charge in [-0.05, 0) is 50.2 Å². The van der Waals surface area contributed by atoms with E-state index in [1.165, 1.54) is 25.1 Å². The van der Waals surface area contributed by atoms with Crippen molar-refractivity contribution in [1.82, 2.24) is 14.6 Å². The van der Waals surface area contributed by atoms with Crippen LogP contribution in [0.4, 0.5) is 20.2 Å². The van der Waals surface area contributed by atoms with Crippen LogP contribution in [0.2, 0.25) is 0 Å². The van der Waals surface area contributed by atoms with Crippen LogP contribution in [-0.2, 0) is 14.8 Å². The standard InChI is InChI=1S/C24H23F2N5O4S/c1-4-23(32)27-20-10-15(13-31-14(3)28-29-24(20)31)18-12-17(30-36(33,34)5-2)7-9-21(18)35-22-8-6-16(25)11-19(22)26/h6-13,30H,4-5H2,1-3H3,(H,27,32). The number of fused-ring (bicyclic) bond motifs is 1. The van der Waals surface area contributed by atoms with Crippen molar-refractivity contribution < 1.29 is 26.7 Å². The number of aromatic nitrogens is 3. The molecule has 2 aromatic heterocycles. The minimum atomic E-state index is -3.59. The van der Waals surface area contributed by atoms with E-state index >= 15 is 0 Å². The van der Waals surface area contributed by atoms with Crippen molar-refractivity contribution in [3.63, 3.8) is 0 Å². The van der Waals surface area contributed by atoms with Crippen molar-refractivity contribution in [2.75, 3.05) is 15.8 Å². The van der Waals surface area contributed by atoms with Gasteiger partial charge < -0.3 is 10.1 Å². The Balaban J connectivity index is 1.90. The third-order valence-corrected chi connectivity index (χ3v) is 6.63. The zero-order chi connectivity index (χ0) is 26.0. The molecule has 0 spiro atoms. The number of nitrogens with one attached hydrogen (secondary N) is 2. The average Bonchev–Trinajstić information content (AvgIpc) is 3.22. The first-order chi connectivity index (χ1) is 17.1. The SMILES string of the molecule is CCC(=O)Nc1cc(-c2cc(NS(=O)(=O)CC)ccc2Oc2ccc(F)cc2F)cn2c(C)nnc12. The number of hydrogen-bond donors (Lipinski definition) is 2. The average molecular weight is 516 g/mol. The van der Waals surface area contributed by atoms with Crippen LogP contribution in [0.15, 0.2) is 48.7 Å². The minimum absolute atomic E-state index is 0.138. The van der Waals surface area contributed by atoms with Crippen LogP contribution in [0.3, 0.4) is 0 Å². The van der Waals surface area contributed by atoms with Crippen LogP contribution in [0.5, 0.6) is 11.5 Å². The van der Waals surface area contributed by atoms with Gasteiger partial charge in [0.15, 0.2) is 17.2 Å². The lowest BCUT2D eigenvalue weighted by molar-refractivity contribution is -0.115. The zero-order valence-electron chi connectivity index (χ0n) is 19.7. The zero-order valence-corrected chi connectivity index (χ0v) is 20.5. The fourth-order valence-electron chi connectivity index (χ4n) is 3.42. The first-order valence-electron chi connectivity index (χ1n) is 11.0. The molecule has 0 bridgehead atoms. The summed E-state index contributed by atoms with van der Waals surface area (Å²) in [6.07, 6.45) is 1.92. The molecule has 36 heavy (non-hydrogen) atoms. The number of rotatable bonds is 8. The normalized spacial score (nSPS) is 11.5. The number of ether oxygens (including phenoxy) is 1. The van der Waals surface area contributed by atoms with Crippen molar-refractivity contribution in [1.29, 1.82) is 0 Å². The van der Waals surface area contributed by atoms with Crippen molar-refractivity contribution in [3.05, 3.63) is 66.1 Å². The molecule has 0 radical (unpaired) electrons. The summed E-state index contributed by atoms with van der Waals surface area (Å²) in [5.41, 5.74) is 1.90. The Labute approximate surface area is 206 Å². The molecule has 2 heterocycles. The number of carbonyl (C=O) groups is 1. The molecular formula is C24H23F2N5O4S. The second-order valence-electron chi connectivity index (χ2n) is 7.88. The van der Waals surface area contributed by atoms with Crippen LogP contribution in [-0.4, -0.2) is 34.7 Å². The highest BCUT2D eigenvalue weighted by Crippen LogP contribution is 2.38. The second-order valence-corrected chi connectivity index (χ2v) is 9.89. The van der Waals surface area contributed by atoms with Gasteiger partial charge in [-0.3, -0.25) is 13.9 Å². The lowest BCUT2D eigenvalue weighted by Gasteiger charge is -2.16. The van der Waals surface area contributed by atoms with Gasteiger partial charge in [0.25, 0.3) is 0 Å². The summed E-state index contributed by atoms with van der Waals surface area (Å²) in [6, 6.07) is 9.02. The molecule has 12 heteroatoms. The maximum absolute atomic E-state index is 14.4. The number of nitrogens with zero attached hydrogens (tertiary/aromatic N) is 3. The summed E-state index contributed by atoms with van der Waals surface area (Å²) in [4.78, 5) is 12.2. The van der Waals surface area contributed by atoms with Gasteiger partial charge in [0.1, 0.15) is 17.4 Å². The first-order valence-corrected chi connectivity index (χ1v) is 12.7. The number of aryl methyl sites for hydroxylation is 1. The molecule has 188 valence electrons. The molecular weight excluding hydrogens is 492 g/mol. The molecule has 2 aromatic carbocycles. The smallest absolute Gasteiger partial charge is 0.232 e. The number of pyridine rings is 1. The third kappa shape index (κ3) is 5.28. The van der Waals surface area contributed by atoms with E-state index < -0.39 is 21.7 Å². The molecule has 2 N–H and O–H groups in total. The topological polar surface area (TPSA) is 115 Å². The largest absolute Gasteiger partial charge is 0.454 e. The minimum Gasteiger partial charge on any atom is -0.454 e. The number of hydrogen-bond acceptors (Lipinski definition) is 6. The molecule has 9 nitrogen and oxygen atoms in total. The molecule has 0 unspecified atom stereocenters. The molecule has 1 amide bonds. The molecule has 0 aliphatic heterocycles. The number of anilines is 2. The van der Waals surface area contributed by atoms with Crippen LogP contribution < -0.4 is 14.8 Å². The van der Waals surface area contributed by atoms with Crippen LogP contribution >= 0.6 is 0 Å². The van der Waals surface area contributed by atoms with E-state index in [0.717, 1.165) is 12.1 Å². The quantitative estimate of drug-likeness (QED) is 0.346. The monoisotopic (exact) mass is 515 g/mol. The molecule has 0 saturated carbocycles. The summed E-state index contributed by atoms with van der Waals surface area (Å²) in [6.45, 7) is 4.94. The summed E-state index contributed by atoms with van der Waals surface area (Å²) < 4.78 is 62.0. The fourth-order valence-corrected chi connectivity index (χ4v) is 4.05. The van der Waals surface area contributed by atoms with Gasteiger partial charge in [0.05, 0.1) is 11.4 Å². The molecule has 0 fully saturated rings. The summed E-state index contributed by atoms with van der Waals surface area (Å²) in [5, 5.41) is 11.0. The van der Waals surface area contributed by atoms with Crippen molar-refractivity contribution in [2.45, 2.75) is 27.2 Å². The number of carbonyl (C=O) groups excluding carboxylic acids is 1. The van der Waals surface area contributed by atoms with E-state index in [-0.39, 0.29) is 35.3 Å². The van der Waals surface area contributed by atoms with E-state index in [9.17, 15) is 22.0 Å². The Bertz CT molecular complexity index is 1570. The van der Waals surface area contributed by atoms with Crippen molar-refractivity contribution >= 4 is 33.0 Å². The number of benzene rings is 2. The highest BCUT2D eigenvalue weighted by molar-refractivity contribution is 7.92. The maximum Gasteiger partial charge on any atom is 0.232 e. The van der Waals surface area contributed by atoms with E-state index in [1.807, 2.05) is 0 Å². The van der Waals surface area contributed by atoms with Gasteiger partial charge in [-0.1, -0.05) is 6.92 Å². The van der Waals surface area contributed by atoms with E-state index in [1.54, 1.807) is 30.5 Å². The van der Waals surface area contributed by atoms with E-state index in [4.69, 9.17) is 4.74 Å². The Hall–Kier alpha value is -4.06. The molecule has 4 aromatic rings. The van der Waals surface area contributed by atoms with Gasteiger partial charge >= 0.3 is 0 Å². The van der Waals surface area contributed by atoms with E-state index in [0.29, 0.717) is 34.4 Å². The van der Waals surface area contributed by atoms with Crippen LogP contribution in [0.1, 0.15) is 26.1 Å². The summed E-state index contributed by atoms with van der Waals surface area (Å²) >= 11 is 0. The number of sulfonamides is 1. The van der Waals surface area contributed by atoms with Gasteiger partial charge in [-0.2, -0.15) is 0 Å².